The van der Waals surface area contributed by atoms with Crippen molar-refractivity contribution in [3.63, 3.8) is 0 Å². The number of likely N-dealkylation sites (tertiary alicyclic amines) is 1. The van der Waals surface area contributed by atoms with Crippen LogP contribution in [0.15, 0.2) is 0 Å². The van der Waals surface area contributed by atoms with E-state index in [1.165, 1.54) is 13.0 Å². The Morgan fingerprint density at radius 1 is 1.29 bits per heavy atom. The average Bonchev–Trinajstić information content (AvgIpc) is 2.45. The monoisotopic (exact) mass is 297 g/mol. The molecular weight excluding hydrogens is 262 g/mol. The summed E-state index contributed by atoms with van der Waals surface area (Å²) in [5.74, 6) is 1.41. The molecule has 1 amide bonds. The standard InChI is InChI=1S/C17H35N3O/c1-4-11-20-12-8-16(9-13-20)19-17(21)6-5-15(7-10-18)14(2)3/h14-16H,4-13,18H2,1-3H3,(H,19,21). The minimum atomic E-state index is 0.228. The summed E-state index contributed by atoms with van der Waals surface area (Å²) >= 11 is 0. The van der Waals surface area contributed by atoms with E-state index < -0.39 is 0 Å². The Bertz CT molecular complexity index is 286. The van der Waals surface area contributed by atoms with E-state index in [2.05, 4.69) is 31.0 Å². The van der Waals surface area contributed by atoms with Gasteiger partial charge < -0.3 is 16.0 Å². The topological polar surface area (TPSA) is 58.4 Å². The molecule has 1 atom stereocenters. The van der Waals surface area contributed by atoms with E-state index in [9.17, 15) is 4.79 Å². The molecule has 1 saturated heterocycles. The number of carbonyl (C=O) groups is 1. The summed E-state index contributed by atoms with van der Waals surface area (Å²) in [6.07, 6.45) is 6.06. The fourth-order valence-corrected chi connectivity index (χ4v) is 3.26. The van der Waals surface area contributed by atoms with Crippen molar-refractivity contribution in [2.45, 2.75) is 65.3 Å². The number of nitrogens with one attached hydrogen (secondary N) is 1. The normalized spacial score (nSPS) is 18.9. The highest BCUT2D eigenvalue weighted by molar-refractivity contribution is 5.76. The number of nitrogens with two attached hydrogens (primary N) is 1. The summed E-state index contributed by atoms with van der Waals surface area (Å²) in [5, 5.41) is 3.22. The summed E-state index contributed by atoms with van der Waals surface area (Å²) in [4.78, 5) is 14.6. The van der Waals surface area contributed by atoms with E-state index in [4.69, 9.17) is 5.73 Å². The van der Waals surface area contributed by atoms with Crippen molar-refractivity contribution in [2.24, 2.45) is 17.6 Å². The van der Waals surface area contributed by atoms with E-state index in [1.54, 1.807) is 0 Å². The molecular formula is C17H35N3O. The Morgan fingerprint density at radius 2 is 1.95 bits per heavy atom. The first-order valence-electron chi connectivity index (χ1n) is 8.78. The van der Waals surface area contributed by atoms with Gasteiger partial charge in [0.05, 0.1) is 0 Å². The van der Waals surface area contributed by atoms with Crippen LogP contribution in [0, 0.1) is 11.8 Å². The van der Waals surface area contributed by atoms with Crippen LogP contribution in [-0.4, -0.2) is 43.0 Å². The van der Waals surface area contributed by atoms with Gasteiger partial charge in [0.25, 0.3) is 0 Å². The van der Waals surface area contributed by atoms with Crippen molar-refractivity contribution in [3.05, 3.63) is 0 Å². The Kier molecular flexibility index (Phi) is 8.93. The average molecular weight is 297 g/mol. The van der Waals surface area contributed by atoms with Crippen LogP contribution in [0.3, 0.4) is 0 Å². The van der Waals surface area contributed by atoms with Crippen molar-refractivity contribution in [2.75, 3.05) is 26.2 Å². The van der Waals surface area contributed by atoms with Crippen molar-refractivity contribution >= 4 is 5.91 Å². The first kappa shape index (κ1) is 18.4. The third-order valence-corrected chi connectivity index (χ3v) is 4.71. The zero-order valence-corrected chi connectivity index (χ0v) is 14.2. The first-order chi connectivity index (χ1) is 10.1. The van der Waals surface area contributed by atoms with Crippen LogP contribution >= 0.6 is 0 Å². The molecule has 0 bridgehead atoms. The molecule has 3 N–H and O–H groups in total. The van der Waals surface area contributed by atoms with Gasteiger partial charge in [-0.1, -0.05) is 20.8 Å². The van der Waals surface area contributed by atoms with Crippen LogP contribution in [-0.2, 0) is 4.79 Å². The Labute approximate surface area is 130 Å². The van der Waals surface area contributed by atoms with Gasteiger partial charge in [-0.2, -0.15) is 0 Å². The largest absolute Gasteiger partial charge is 0.353 e. The molecule has 1 aliphatic heterocycles. The maximum absolute atomic E-state index is 12.1. The molecule has 1 aliphatic rings. The number of amides is 1. The van der Waals surface area contributed by atoms with Crippen LogP contribution in [0.25, 0.3) is 0 Å². The Morgan fingerprint density at radius 3 is 2.48 bits per heavy atom. The SMILES string of the molecule is CCCN1CCC(NC(=O)CCC(CCN)C(C)C)CC1. The van der Waals surface area contributed by atoms with Gasteiger partial charge in [0, 0.05) is 25.6 Å². The first-order valence-corrected chi connectivity index (χ1v) is 8.78. The molecule has 1 heterocycles. The van der Waals surface area contributed by atoms with Crippen molar-refractivity contribution in [3.8, 4) is 0 Å². The number of rotatable bonds is 9. The molecule has 124 valence electrons. The molecule has 0 aromatic rings. The van der Waals surface area contributed by atoms with Gasteiger partial charge in [-0.3, -0.25) is 4.79 Å². The fraction of sp³-hybridized carbons (Fsp3) is 0.941. The van der Waals surface area contributed by atoms with Gasteiger partial charge in [0.1, 0.15) is 0 Å². The minimum absolute atomic E-state index is 0.228. The van der Waals surface area contributed by atoms with Gasteiger partial charge >= 0.3 is 0 Å². The molecule has 0 radical (unpaired) electrons. The fourth-order valence-electron chi connectivity index (χ4n) is 3.26. The maximum atomic E-state index is 12.1. The van der Waals surface area contributed by atoms with E-state index in [0.717, 1.165) is 45.3 Å². The molecule has 4 heteroatoms. The zero-order chi connectivity index (χ0) is 15.7. The third-order valence-electron chi connectivity index (χ3n) is 4.71. The molecule has 1 fully saturated rings. The van der Waals surface area contributed by atoms with Crippen LogP contribution in [0.2, 0.25) is 0 Å². The molecule has 0 saturated carbocycles. The van der Waals surface area contributed by atoms with Gasteiger partial charge in [-0.15, -0.1) is 0 Å². The highest BCUT2D eigenvalue weighted by Crippen LogP contribution is 2.20. The van der Waals surface area contributed by atoms with Crippen LogP contribution < -0.4 is 11.1 Å². The maximum Gasteiger partial charge on any atom is 0.220 e. The molecule has 21 heavy (non-hydrogen) atoms. The number of nitrogens with zero attached hydrogens (tertiary/aromatic N) is 1. The summed E-state index contributed by atoms with van der Waals surface area (Å²) in [5.41, 5.74) is 5.66. The molecule has 0 aromatic heterocycles. The lowest BCUT2D eigenvalue weighted by atomic mass is 9.88. The van der Waals surface area contributed by atoms with Gasteiger partial charge in [-0.25, -0.2) is 0 Å². The lowest BCUT2D eigenvalue weighted by molar-refractivity contribution is -0.122. The van der Waals surface area contributed by atoms with Crippen LogP contribution in [0.4, 0.5) is 0 Å². The second-order valence-corrected chi connectivity index (χ2v) is 6.80. The van der Waals surface area contributed by atoms with Crippen molar-refractivity contribution in [1.82, 2.24) is 10.2 Å². The highest BCUT2D eigenvalue weighted by atomic mass is 16.1. The minimum Gasteiger partial charge on any atom is -0.353 e. The van der Waals surface area contributed by atoms with E-state index >= 15 is 0 Å². The summed E-state index contributed by atoms with van der Waals surface area (Å²) in [6.45, 7) is 10.8. The smallest absolute Gasteiger partial charge is 0.220 e. The quantitative estimate of drug-likeness (QED) is 0.687. The Balaban J connectivity index is 2.22. The van der Waals surface area contributed by atoms with Crippen LogP contribution in [0.1, 0.15) is 59.3 Å². The lowest BCUT2D eigenvalue weighted by Crippen LogP contribution is -2.44. The summed E-state index contributed by atoms with van der Waals surface area (Å²) < 4.78 is 0. The molecule has 0 aliphatic carbocycles. The van der Waals surface area contributed by atoms with Gasteiger partial charge in [-0.05, 0) is 57.0 Å². The molecule has 1 unspecified atom stereocenters. The Hall–Kier alpha value is -0.610. The number of piperidine rings is 1. The molecule has 0 spiro atoms. The molecule has 1 rings (SSSR count). The highest BCUT2D eigenvalue weighted by Gasteiger charge is 2.21. The van der Waals surface area contributed by atoms with Crippen LogP contribution in [0.5, 0.6) is 0 Å². The third kappa shape index (κ3) is 7.28. The number of carbonyl (C=O) groups excluding carboxylic acids is 1. The molecule has 0 aromatic carbocycles. The zero-order valence-electron chi connectivity index (χ0n) is 14.2. The number of hydrogen-bond acceptors (Lipinski definition) is 3. The van der Waals surface area contributed by atoms with Crippen molar-refractivity contribution < 1.29 is 4.79 Å². The lowest BCUT2D eigenvalue weighted by Gasteiger charge is -2.32. The van der Waals surface area contributed by atoms with Gasteiger partial charge in [0.15, 0.2) is 0 Å². The van der Waals surface area contributed by atoms with Gasteiger partial charge in [0.2, 0.25) is 5.91 Å². The predicted molar refractivity (Wildman–Crippen MR) is 89.1 cm³/mol. The predicted octanol–water partition coefficient (Wildman–Crippen LogP) is 2.38. The molecule has 4 nitrogen and oxygen atoms in total. The second-order valence-electron chi connectivity index (χ2n) is 6.80. The van der Waals surface area contributed by atoms with E-state index in [1.807, 2.05) is 0 Å². The van der Waals surface area contributed by atoms with E-state index in [-0.39, 0.29) is 5.91 Å². The van der Waals surface area contributed by atoms with Crippen molar-refractivity contribution in [1.29, 1.82) is 0 Å². The second kappa shape index (κ2) is 10.2. The van der Waals surface area contributed by atoms with E-state index in [0.29, 0.717) is 24.3 Å². The number of hydrogen-bond donors (Lipinski definition) is 2. The summed E-state index contributed by atoms with van der Waals surface area (Å²) in [6, 6.07) is 0.387. The summed E-state index contributed by atoms with van der Waals surface area (Å²) in [7, 11) is 0.